The molecule has 1 rings (SSSR count). The molecule has 0 unspecified atom stereocenters. The summed E-state index contributed by atoms with van der Waals surface area (Å²) in [6.45, 7) is 9.73. The van der Waals surface area contributed by atoms with Crippen LogP contribution in [0.1, 0.15) is 30.9 Å². The zero-order valence-corrected chi connectivity index (χ0v) is 13.8. The molecule has 0 saturated carbocycles. The van der Waals surface area contributed by atoms with Gasteiger partial charge in [0, 0.05) is 21.1 Å². The van der Waals surface area contributed by atoms with Gasteiger partial charge in [-0.05, 0) is 50.8 Å². The topological polar surface area (TPSA) is 49.8 Å². The zero-order chi connectivity index (χ0) is 15.8. The molecular weight excluding hydrogens is 276 g/mol. The molecule has 1 aromatic rings. The minimum absolute atomic E-state index is 0.750. The Hall–Kier alpha value is -1.92. The molecule has 0 heterocycles. The van der Waals surface area contributed by atoms with Gasteiger partial charge in [0.1, 0.15) is 0 Å². The van der Waals surface area contributed by atoms with Crippen LogP contribution in [0, 0.1) is 25.2 Å². The molecule has 0 amide bonds. The first kappa shape index (κ1) is 17.1. The fourth-order valence-corrected chi connectivity index (χ4v) is 3.02. The van der Waals surface area contributed by atoms with Crippen molar-refractivity contribution in [2.24, 2.45) is 0 Å². The van der Waals surface area contributed by atoms with Crippen LogP contribution in [-0.2, 0) is 0 Å². The van der Waals surface area contributed by atoms with E-state index in [1.807, 2.05) is 38.1 Å². The smallest absolute Gasteiger partial charge is 0.0955 e. The van der Waals surface area contributed by atoms with Crippen molar-refractivity contribution in [2.45, 2.75) is 38.5 Å². The molecule has 0 aliphatic rings. The number of hydrogen-bond acceptors (Lipinski definition) is 3. The quantitative estimate of drug-likeness (QED) is 0.335. The summed E-state index contributed by atoms with van der Waals surface area (Å²) in [7, 11) is 0. The highest BCUT2D eigenvalue weighted by Crippen LogP contribution is 2.36. The summed E-state index contributed by atoms with van der Waals surface area (Å²) in [6.07, 6.45) is 7.28. The molecule has 2 nitrogen and oxygen atoms in total. The van der Waals surface area contributed by atoms with Gasteiger partial charge in [-0.25, -0.2) is 0 Å². The van der Waals surface area contributed by atoms with Crippen molar-refractivity contribution in [3.8, 4) is 6.07 Å². The molecule has 1 aromatic carbocycles. The number of aryl methyl sites for hydroxylation is 1. The van der Waals surface area contributed by atoms with Crippen molar-refractivity contribution >= 4 is 17.4 Å². The molecule has 3 heteroatoms. The second-order valence-corrected chi connectivity index (χ2v) is 6.10. The maximum atomic E-state index is 9.33. The molecule has 0 fully saturated rings. The molecule has 0 aliphatic heterocycles. The Bertz CT molecular complexity index is 619. The Labute approximate surface area is 132 Å². The van der Waals surface area contributed by atoms with Crippen LogP contribution in [0.15, 0.2) is 52.3 Å². The fourth-order valence-electron chi connectivity index (χ4n) is 1.94. The minimum Gasteiger partial charge on any atom is -0.398 e. The lowest BCUT2D eigenvalue weighted by Crippen LogP contribution is -1.94. The zero-order valence-electron chi connectivity index (χ0n) is 12.9. The lowest BCUT2D eigenvalue weighted by molar-refractivity contribution is 1.00. The number of anilines is 1. The lowest BCUT2D eigenvalue weighted by Gasteiger charge is -2.12. The first-order valence-electron chi connectivity index (χ1n) is 6.92. The van der Waals surface area contributed by atoms with Crippen LogP contribution >= 0.6 is 11.8 Å². The van der Waals surface area contributed by atoms with Gasteiger partial charge in [0.2, 0.25) is 0 Å². The largest absolute Gasteiger partial charge is 0.398 e. The number of nitrogens with two attached hydrogens (primary N) is 1. The average molecular weight is 298 g/mol. The second-order valence-electron chi connectivity index (χ2n) is 4.88. The van der Waals surface area contributed by atoms with Gasteiger partial charge in [-0.2, -0.15) is 5.26 Å². The van der Waals surface area contributed by atoms with Gasteiger partial charge in [-0.15, -0.1) is 0 Å². The van der Waals surface area contributed by atoms with Crippen LogP contribution in [0.2, 0.25) is 0 Å². The van der Waals surface area contributed by atoms with E-state index in [1.165, 1.54) is 5.56 Å². The van der Waals surface area contributed by atoms with Gasteiger partial charge >= 0.3 is 0 Å². The lowest BCUT2D eigenvalue weighted by atomic mass is 10.1. The molecule has 0 aliphatic carbocycles. The number of nitriles is 1. The van der Waals surface area contributed by atoms with Crippen molar-refractivity contribution in [1.82, 2.24) is 0 Å². The molecule has 0 spiro atoms. The SMILES string of the molecule is C=C/C=C\CC/C(C#N)=C(/C)Sc1c(C)ccc(N)c1C. The Morgan fingerprint density at radius 1 is 1.43 bits per heavy atom. The summed E-state index contributed by atoms with van der Waals surface area (Å²) in [5.74, 6) is 0. The third-order valence-corrected chi connectivity index (χ3v) is 4.68. The highest BCUT2D eigenvalue weighted by molar-refractivity contribution is 8.03. The fraction of sp³-hybridized carbons (Fsp3) is 0.278. The minimum atomic E-state index is 0.750. The van der Waals surface area contributed by atoms with E-state index in [2.05, 4.69) is 19.6 Å². The molecule has 21 heavy (non-hydrogen) atoms. The van der Waals surface area contributed by atoms with Crippen LogP contribution in [0.25, 0.3) is 0 Å². The van der Waals surface area contributed by atoms with Gasteiger partial charge in [-0.1, -0.05) is 42.6 Å². The summed E-state index contributed by atoms with van der Waals surface area (Å²) in [5.41, 5.74) is 9.87. The van der Waals surface area contributed by atoms with Gasteiger partial charge < -0.3 is 5.73 Å². The molecule has 110 valence electrons. The third kappa shape index (κ3) is 4.84. The summed E-state index contributed by atoms with van der Waals surface area (Å²) in [4.78, 5) is 2.20. The number of rotatable bonds is 6. The van der Waals surface area contributed by atoms with Crippen LogP contribution < -0.4 is 5.73 Å². The maximum absolute atomic E-state index is 9.33. The number of hydrogen-bond donors (Lipinski definition) is 1. The standard InChI is InChI=1S/C18H22N2S/c1-5-6-7-8-9-16(12-19)15(4)21-18-13(2)10-11-17(20)14(18)3/h5-7,10-11H,1,8-9,20H2,2-4H3/b7-6-,16-15+. The highest BCUT2D eigenvalue weighted by atomic mass is 32.2. The predicted molar refractivity (Wildman–Crippen MR) is 93.1 cm³/mol. The third-order valence-electron chi connectivity index (χ3n) is 3.29. The summed E-state index contributed by atoms with van der Waals surface area (Å²) < 4.78 is 0. The summed E-state index contributed by atoms with van der Waals surface area (Å²) in [6, 6.07) is 6.27. The van der Waals surface area contributed by atoms with E-state index < -0.39 is 0 Å². The Morgan fingerprint density at radius 2 is 2.14 bits per heavy atom. The second kappa shape index (κ2) is 8.39. The van der Waals surface area contributed by atoms with Gasteiger partial charge in [0.05, 0.1) is 6.07 Å². The summed E-state index contributed by atoms with van der Waals surface area (Å²) >= 11 is 1.64. The number of benzene rings is 1. The van der Waals surface area contributed by atoms with Crippen molar-refractivity contribution in [3.63, 3.8) is 0 Å². The van der Waals surface area contributed by atoms with Crippen molar-refractivity contribution in [1.29, 1.82) is 5.26 Å². The van der Waals surface area contributed by atoms with Crippen LogP contribution in [0.5, 0.6) is 0 Å². The predicted octanol–water partition coefficient (Wildman–Crippen LogP) is 5.30. The Balaban J connectivity index is 2.96. The van der Waals surface area contributed by atoms with E-state index in [9.17, 15) is 5.26 Å². The molecular formula is C18H22N2S. The molecule has 0 bridgehead atoms. The first-order valence-corrected chi connectivity index (χ1v) is 7.73. The maximum Gasteiger partial charge on any atom is 0.0955 e. The number of allylic oxidation sites excluding steroid dienone is 5. The molecule has 0 saturated heterocycles. The molecule has 0 atom stereocenters. The van der Waals surface area contributed by atoms with Crippen molar-refractivity contribution in [3.05, 3.63) is 58.5 Å². The van der Waals surface area contributed by atoms with Gasteiger partial charge in [0.15, 0.2) is 0 Å². The van der Waals surface area contributed by atoms with Crippen molar-refractivity contribution in [2.75, 3.05) is 5.73 Å². The Morgan fingerprint density at radius 3 is 2.76 bits per heavy atom. The Kier molecular flexibility index (Phi) is 6.84. The van der Waals surface area contributed by atoms with Crippen molar-refractivity contribution < 1.29 is 0 Å². The van der Waals surface area contributed by atoms with E-state index in [4.69, 9.17) is 5.73 Å². The number of nitrogens with zero attached hydrogens (tertiary/aromatic N) is 1. The van der Waals surface area contributed by atoms with E-state index >= 15 is 0 Å². The monoisotopic (exact) mass is 298 g/mol. The van der Waals surface area contributed by atoms with E-state index in [0.717, 1.165) is 39.5 Å². The van der Waals surface area contributed by atoms with Crippen LogP contribution in [0.3, 0.4) is 0 Å². The molecule has 0 aromatic heterocycles. The number of nitrogen functional groups attached to an aromatic ring is 1. The number of thioether (sulfide) groups is 1. The van der Waals surface area contributed by atoms with E-state index in [1.54, 1.807) is 17.8 Å². The van der Waals surface area contributed by atoms with E-state index in [-0.39, 0.29) is 0 Å². The van der Waals surface area contributed by atoms with Crippen LogP contribution in [-0.4, -0.2) is 0 Å². The molecule has 0 radical (unpaired) electrons. The van der Waals surface area contributed by atoms with Gasteiger partial charge in [0.25, 0.3) is 0 Å². The average Bonchev–Trinajstić information content (AvgIpc) is 2.47. The van der Waals surface area contributed by atoms with E-state index in [0.29, 0.717) is 0 Å². The van der Waals surface area contributed by atoms with Crippen LogP contribution in [0.4, 0.5) is 5.69 Å². The summed E-state index contributed by atoms with van der Waals surface area (Å²) in [5, 5.41) is 9.33. The van der Waals surface area contributed by atoms with Gasteiger partial charge in [-0.3, -0.25) is 0 Å². The highest BCUT2D eigenvalue weighted by Gasteiger charge is 2.10. The molecule has 2 N–H and O–H groups in total. The first-order chi connectivity index (χ1) is 10.0. The normalized spacial score (nSPS) is 12.1.